The number of fused-ring (bicyclic) bond motifs is 1. The van der Waals surface area contributed by atoms with Gasteiger partial charge in [0.25, 0.3) is 0 Å². The third kappa shape index (κ3) is 2.42. The van der Waals surface area contributed by atoms with Gasteiger partial charge in [-0.15, -0.1) is 0 Å². The van der Waals surface area contributed by atoms with Gasteiger partial charge in [-0.3, -0.25) is 9.69 Å². The summed E-state index contributed by atoms with van der Waals surface area (Å²) in [5.41, 5.74) is 0.110. The predicted molar refractivity (Wildman–Crippen MR) is 79.4 cm³/mol. The summed E-state index contributed by atoms with van der Waals surface area (Å²) in [5.74, 6) is 0.302. The van der Waals surface area contributed by atoms with Gasteiger partial charge in [-0.05, 0) is 0 Å². The van der Waals surface area contributed by atoms with Crippen molar-refractivity contribution < 1.29 is 19.2 Å². The molecule has 1 N–H and O–H groups in total. The molecule has 1 aromatic heterocycles. The van der Waals surface area contributed by atoms with Gasteiger partial charge in [0.2, 0.25) is 11.7 Å². The summed E-state index contributed by atoms with van der Waals surface area (Å²) in [4.78, 5) is 18.1. The second-order valence-electron chi connectivity index (χ2n) is 6.22. The SMILES string of the molecule is O=C(O)[C@]12COC[C@H]1CN(Cc1nc(-c3ccccc3)no1)C2. The molecule has 2 saturated heterocycles. The van der Waals surface area contributed by atoms with Crippen molar-refractivity contribution in [3.8, 4) is 11.4 Å². The van der Waals surface area contributed by atoms with Crippen LogP contribution in [0.25, 0.3) is 11.4 Å². The number of rotatable bonds is 4. The quantitative estimate of drug-likeness (QED) is 0.908. The fourth-order valence-corrected chi connectivity index (χ4v) is 3.48. The normalized spacial score (nSPS) is 27.2. The van der Waals surface area contributed by atoms with Gasteiger partial charge in [-0.25, -0.2) is 0 Å². The lowest BCUT2D eigenvalue weighted by atomic mass is 9.81. The number of hydrogen-bond donors (Lipinski definition) is 1. The van der Waals surface area contributed by atoms with Crippen LogP contribution in [0.1, 0.15) is 5.89 Å². The molecule has 0 amide bonds. The van der Waals surface area contributed by atoms with Crippen LogP contribution in [0.15, 0.2) is 34.9 Å². The molecule has 7 heteroatoms. The first-order chi connectivity index (χ1) is 11.2. The van der Waals surface area contributed by atoms with Gasteiger partial charge in [-0.1, -0.05) is 35.5 Å². The first kappa shape index (κ1) is 14.3. The highest BCUT2D eigenvalue weighted by Gasteiger charge is 2.56. The number of hydrogen-bond acceptors (Lipinski definition) is 6. The maximum Gasteiger partial charge on any atom is 0.313 e. The Morgan fingerprint density at radius 3 is 2.96 bits per heavy atom. The topological polar surface area (TPSA) is 88.7 Å². The Bertz CT molecular complexity index is 717. The molecule has 2 aromatic rings. The van der Waals surface area contributed by atoms with E-state index in [4.69, 9.17) is 9.26 Å². The fraction of sp³-hybridized carbons (Fsp3) is 0.438. The minimum Gasteiger partial charge on any atom is -0.481 e. The lowest BCUT2D eigenvalue weighted by molar-refractivity contribution is -0.149. The molecule has 1 aromatic carbocycles. The van der Waals surface area contributed by atoms with Crippen molar-refractivity contribution in [3.63, 3.8) is 0 Å². The van der Waals surface area contributed by atoms with Crippen LogP contribution in [0, 0.1) is 11.3 Å². The van der Waals surface area contributed by atoms with Crippen LogP contribution < -0.4 is 0 Å². The average molecular weight is 315 g/mol. The van der Waals surface area contributed by atoms with Crippen LogP contribution in [-0.4, -0.2) is 52.4 Å². The molecule has 7 nitrogen and oxygen atoms in total. The molecule has 0 spiro atoms. The van der Waals surface area contributed by atoms with E-state index in [1.54, 1.807) is 0 Å². The lowest BCUT2D eigenvalue weighted by Gasteiger charge is -2.21. The van der Waals surface area contributed by atoms with Gasteiger partial charge >= 0.3 is 5.97 Å². The number of benzene rings is 1. The van der Waals surface area contributed by atoms with Crippen LogP contribution in [0.2, 0.25) is 0 Å². The van der Waals surface area contributed by atoms with Gasteiger partial charge in [0, 0.05) is 24.6 Å². The molecule has 2 atom stereocenters. The fourth-order valence-electron chi connectivity index (χ4n) is 3.48. The molecule has 2 aliphatic rings. The third-order valence-electron chi connectivity index (χ3n) is 4.73. The highest BCUT2D eigenvalue weighted by molar-refractivity contribution is 5.76. The van der Waals surface area contributed by atoms with Crippen LogP contribution in [0.3, 0.4) is 0 Å². The van der Waals surface area contributed by atoms with Crippen molar-refractivity contribution in [1.29, 1.82) is 0 Å². The number of ether oxygens (including phenoxy) is 1. The maximum absolute atomic E-state index is 11.6. The lowest BCUT2D eigenvalue weighted by Crippen LogP contribution is -2.38. The molecule has 3 heterocycles. The zero-order valence-electron chi connectivity index (χ0n) is 12.5. The van der Waals surface area contributed by atoms with E-state index in [2.05, 4.69) is 15.0 Å². The predicted octanol–water partition coefficient (Wildman–Crippen LogP) is 1.27. The van der Waals surface area contributed by atoms with Gasteiger partial charge in [0.05, 0.1) is 19.8 Å². The number of aromatic nitrogens is 2. The van der Waals surface area contributed by atoms with Crippen molar-refractivity contribution in [3.05, 3.63) is 36.2 Å². The molecule has 0 aliphatic carbocycles. The smallest absolute Gasteiger partial charge is 0.313 e. The number of carboxylic acid groups (broad SMARTS) is 1. The molecular formula is C16H17N3O4. The molecule has 0 radical (unpaired) electrons. The van der Waals surface area contributed by atoms with Gasteiger partial charge < -0.3 is 14.4 Å². The van der Waals surface area contributed by atoms with Gasteiger partial charge in [0.1, 0.15) is 5.41 Å². The zero-order valence-corrected chi connectivity index (χ0v) is 12.5. The van der Waals surface area contributed by atoms with Crippen LogP contribution in [0.4, 0.5) is 0 Å². The number of likely N-dealkylation sites (tertiary alicyclic amines) is 1. The van der Waals surface area contributed by atoms with E-state index in [-0.39, 0.29) is 12.5 Å². The minimum absolute atomic E-state index is 0.0246. The largest absolute Gasteiger partial charge is 0.481 e. The minimum atomic E-state index is -0.789. The Balaban J connectivity index is 1.48. The summed E-state index contributed by atoms with van der Waals surface area (Å²) in [6, 6.07) is 9.62. The van der Waals surface area contributed by atoms with Crippen LogP contribution in [-0.2, 0) is 16.1 Å². The second kappa shape index (κ2) is 5.43. The van der Waals surface area contributed by atoms with Crippen molar-refractivity contribution >= 4 is 5.97 Å². The Kier molecular flexibility index (Phi) is 3.39. The van der Waals surface area contributed by atoms with Crippen LogP contribution in [0.5, 0.6) is 0 Å². The summed E-state index contributed by atoms with van der Waals surface area (Å²) in [6.45, 7) is 2.38. The molecule has 0 saturated carbocycles. The Morgan fingerprint density at radius 1 is 1.39 bits per heavy atom. The molecule has 0 unspecified atom stereocenters. The monoisotopic (exact) mass is 315 g/mol. The van der Waals surface area contributed by atoms with E-state index in [9.17, 15) is 9.90 Å². The first-order valence-corrected chi connectivity index (χ1v) is 7.59. The summed E-state index contributed by atoms with van der Waals surface area (Å²) < 4.78 is 10.7. The van der Waals surface area contributed by atoms with Crippen LogP contribution >= 0.6 is 0 Å². The standard InChI is InChI=1S/C16H17N3O4/c20-15(21)16-9-19(6-12(16)8-22-10-16)7-13-17-14(18-23-13)11-4-2-1-3-5-11/h1-5,12H,6-10H2,(H,20,21)/t12-,16-/m1/s1. The summed E-state index contributed by atoms with van der Waals surface area (Å²) in [7, 11) is 0. The highest BCUT2D eigenvalue weighted by atomic mass is 16.5. The Morgan fingerprint density at radius 2 is 2.22 bits per heavy atom. The van der Waals surface area contributed by atoms with Crippen molar-refractivity contribution in [1.82, 2.24) is 15.0 Å². The summed E-state index contributed by atoms with van der Waals surface area (Å²) in [6.07, 6.45) is 0. The first-order valence-electron chi connectivity index (χ1n) is 7.59. The Hall–Kier alpha value is -2.25. The molecule has 2 aliphatic heterocycles. The van der Waals surface area contributed by atoms with E-state index < -0.39 is 11.4 Å². The average Bonchev–Trinajstić information content (AvgIpc) is 3.22. The van der Waals surface area contributed by atoms with Crippen molar-refractivity contribution in [2.24, 2.45) is 11.3 Å². The number of aliphatic carboxylic acids is 1. The molecule has 0 bridgehead atoms. The summed E-state index contributed by atoms with van der Waals surface area (Å²) >= 11 is 0. The maximum atomic E-state index is 11.6. The van der Waals surface area contributed by atoms with E-state index in [0.29, 0.717) is 38.0 Å². The second-order valence-corrected chi connectivity index (χ2v) is 6.22. The van der Waals surface area contributed by atoms with E-state index in [1.807, 2.05) is 30.3 Å². The highest BCUT2D eigenvalue weighted by Crippen LogP contribution is 2.41. The van der Waals surface area contributed by atoms with Gasteiger partial charge in [-0.2, -0.15) is 4.98 Å². The summed E-state index contributed by atoms with van der Waals surface area (Å²) in [5, 5.41) is 13.6. The van der Waals surface area contributed by atoms with E-state index >= 15 is 0 Å². The number of carboxylic acids is 1. The van der Waals surface area contributed by atoms with Gasteiger partial charge in [0.15, 0.2) is 0 Å². The molecular weight excluding hydrogens is 298 g/mol. The molecule has 4 rings (SSSR count). The molecule has 2 fully saturated rings. The number of carbonyl (C=O) groups is 1. The van der Waals surface area contributed by atoms with E-state index in [0.717, 1.165) is 5.56 Å². The zero-order chi connectivity index (χ0) is 15.9. The van der Waals surface area contributed by atoms with Crippen molar-refractivity contribution in [2.75, 3.05) is 26.3 Å². The van der Waals surface area contributed by atoms with Crippen molar-refractivity contribution in [2.45, 2.75) is 6.54 Å². The number of nitrogens with zero attached hydrogens (tertiary/aromatic N) is 3. The molecule has 23 heavy (non-hydrogen) atoms. The third-order valence-corrected chi connectivity index (χ3v) is 4.73. The Labute approximate surface area is 132 Å². The molecule has 120 valence electrons. The van der Waals surface area contributed by atoms with E-state index in [1.165, 1.54) is 0 Å².